The lowest BCUT2D eigenvalue weighted by Gasteiger charge is -2.33. The van der Waals surface area contributed by atoms with Gasteiger partial charge in [-0.15, -0.1) is 0 Å². The molecule has 0 spiro atoms. The van der Waals surface area contributed by atoms with Crippen molar-refractivity contribution >= 4 is 11.9 Å². The van der Waals surface area contributed by atoms with Crippen molar-refractivity contribution in [1.82, 2.24) is 10.2 Å². The van der Waals surface area contributed by atoms with E-state index in [1.807, 2.05) is 0 Å². The topological polar surface area (TPSA) is 89.9 Å². The van der Waals surface area contributed by atoms with Crippen LogP contribution in [-0.2, 0) is 9.59 Å². The number of carbonyl (C=O) groups is 2. The fourth-order valence-corrected chi connectivity index (χ4v) is 1.46. The van der Waals surface area contributed by atoms with Gasteiger partial charge in [0.15, 0.2) is 0 Å². The van der Waals surface area contributed by atoms with Gasteiger partial charge in [-0.3, -0.25) is 0 Å². The second-order valence-corrected chi connectivity index (χ2v) is 3.36. The van der Waals surface area contributed by atoms with Crippen LogP contribution in [0.25, 0.3) is 0 Å². The maximum Gasteiger partial charge on any atom is 0.329 e. The molecule has 1 fully saturated rings. The summed E-state index contributed by atoms with van der Waals surface area (Å²) in [5.74, 6) is -2.02. The van der Waals surface area contributed by atoms with Crippen LogP contribution in [0.2, 0.25) is 0 Å². The Hall–Kier alpha value is -1.82. The van der Waals surface area contributed by atoms with Crippen LogP contribution in [0.5, 0.6) is 0 Å². The zero-order valence-electron chi connectivity index (χ0n) is 8.67. The Kier molecular flexibility index (Phi) is 4.53. The molecule has 16 heavy (non-hydrogen) atoms. The summed E-state index contributed by atoms with van der Waals surface area (Å²) < 4.78 is 0. The molecule has 0 amide bonds. The van der Waals surface area contributed by atoms with Crippen LogP contribution in [0, 0.1) is 0 Å². The van der Waals surface area contributed by atoms with Crippen LogP contribution in [0.1, 0.15) is 0 Å². The van der Waals surface area contributed by atoms with E-state index in [2.05, 4.69) is 5.32 Å². The number of carboxylic acid groups (broad SMARTS) is 2. The molecule has 3 N–H and O–H groups in total. The van der Waals surface area contributed by atoms with E-state index in [1.165, 1.54) is 6.20 Å². The van der Waals surface area contributed by atoms with Gasteiger partial charge in [-0.05, 0) is 0 Å². The molecular formula is C10H14N2O4. The second kappa shape index (κ2) is 5.92. The Morgan fingerprint density at radius 3 is 2.56 bits per heavy atom. The number of nitrogens with one attached hydrogen (secondary N) is 1. The highest BCUT2D eigenvalue weighted by Crippen LogP contribution is 2.05. The maximum atomic E-state index is 10.4. The van der Waals surface area contributed by atoms with Crippen molar-refractivity contribution in [1.29, 1.82) is 0 Å². The number of hydrogen-bond acceptors (Lipinski definition) is 4. The van der Waals surface area contributed by atoms with Gasteiger partial charge >= 0.3 is 11.9 Å². The summed E-state index contributed by atoms with van der Waals surface area (Å²) in [6.07, 6.45) is 5.13. The number of hydrogen-bond donors (Lipinski definition) is 3. The molecule has 6 nitrogen and oxygen atoms in total. The first-order valence-electron chi connectivity index (χ1n) is 4.88. The molecule has 1 atom stereocenters. The van der Waals surface area contributed by atoms with Crippen molar-refractivity contribution < 1.29 is 19.8 Å². The van der Waals surface area contributed by atoms with Crippen LogP contribution < -0.4 is 5.32 Å². The van der Waals surface area contributed by atoms with Gasteiger partial charge < -0.3 is 20.4 Å². The van der Waals surface area contributed by atoms with Gasteiger partial charge in [-0.2, -0.15) is 0 Å². The van der Waals surface area contributed by atoms with E-state index in [1.54, 1.807) is 11.0 Å². The molecule has 6 heteroatoms. The third-order valence-electron chi connectivity index (χ3n) is 2.20. The summed E-state index contributed by atoms with van der Waals surface area (Å²) in [7, 11) is 0. The Bertz CT molecular complexity index is 293. The number of aliphatic carboxylic acids is 2. The van der Waals surface area contributed by atoms with E-state index < -0.39 is 11.9 Å². The van der Waals surface area contributed by atoms with Crippen molar-refractivity contribution in [2.45, 2.75) is 6.04 Å². The second-order valence-electron chi connectivity index (χ2n) is 3.36. The van der Waals surface area contributed by atoms with Crippen LogP contribution in [0.3, 0.4) is 0 Å². The molecule has 0 radical (unpaired) electrons. The SMILES string of the molecule is O=C(O)C=CC1CNCCN1C=CC(=O)O. The lowest BCUT2D eigenvalue weighted by Crippen LogP contribution is -2.47. The first kappa shape index (κ1) is 12.3. The lowest BCUT2D eigenvalue weighted by atomic mass is 10.2. The van der Waals surface area contributed by atoms with E-state index in [0.29, 0.717) is 13.1 Å². The van der Waals surface area contributed by atoms with Crippen LogP contribution in [0.15, 0.2) is 24.4 Å². The van der Waals surface area contributed by atoms with Gasteiger partial charge in [-0.1, -0.05) is 6.08 Å². The van der Waals surface area contributed by atoms with Crippen LogP contribution in [-0.4, -0.2) is 52.7 Å². The minimum atomic E-state index is -1.01. The van der Waals surface area contributed by atoms with Gasteiger partial charge in [0.1, 0.15) is 0 Å². The van der Waals surface area contributed by atoms with Gasteiger partial charge in [0, 0.05) is 38.0 Å². The Labute approximate surface area is 92.9 Å². The third kappa shape index (κ3) is 4.14. The largest absolute Gasteiger partial charge is 0.478 e. The smallest absolute Gasteiger partial charge is 0.329 e. The fourth-order valence-electron chi connectivity index (χ4n) is 1.46. The van der Waals surface area contributed by atoms with Crippen molar-refractivity contribution in [2.75, 3.05) is 19.6 Å². The number of rotatable bonds is 4. The lowest BCUT2D eigenvalue weighted by molar-refractivity contribution is -0.132. The minimum absolute atomic E-state index is 0.125. The number of nitrogens with zero attached hydrogens (tertiary/aromatic N) is 1. The predicted molar refractivity (Wildman–Crippen MR) is 56.9 cm³/mol. The normalized spacial score (nSPS) is 21.8. The standard InChI is InChI=1S/C10H14N2O4/c13-9(14)2-1-8-7-11-4-6-12(8)5-3-10(15)16/h1-3,5,8,11H,4,6-7H2,(H,13,14)(H,15,16). The molecule has 1 unspecified atom stereocenters. The molecule has 0 aromatic rings. The van der Waals surface area contributed by atoms with Gasteiger partial charge in [0.05, 0.1) is 6.04 Å². The molecule has 1 heterocycles. The van der Waals surface area contributed by atoms with Gasteiger partial charge in [-0.25, -0.2) is 9.59 Å². The summed E-state index contributed by atoms with van der Waals surface area (Å²) in [6, 6.07) is -0.125. The van der Waals surface area contributed by atoms with E-state index in [9.17, 15) is 9.59 Å². The van der Waals surface area contributed by atoms with E-state index in [4.69, 9.17) is 10.2 Å². The maximum absolute atomic E-state index is 10.4. The zero-order valence-corrected chi connectivity index (χ0v) is 8.67. The van der Waals surface area contributed by atoms with Crippen molar-refractivity contribution in [2.24, 2.45) is 0 Å². The number of piperazine rings is 1. The highest BCUT2D eigenvalue weighted by Gasteiger charge is 2.16. The Morgan fingerprint density at radius 2 is 1.94 bits per heavy atom. The molecule has 1 rings (SSSR count). The van der Waals surface area contributed by atoms with E-state index in [-0.39, 0.29) is 6.04 Å². The molecular weight excluding hydrogens is 212 g/mol. The van der Waals surface area contributed by atoms with Gasteiger partial charge in [0.2, 0.25) is 0 Å². The van der Waals surface area contributed by atoms with Crippen molar-refractivity contribution in [3.63, 3.8) is 0 Å². The molecule has 1 aliphatic rings. The van der Waals surface area contributed by atoms with Crippen molar-refractivity contribution in [3.05, 3.63) is 24.4 Å². The molecule has 1 saturated heterocycles. The van der Waals surface area contributed by atoms with E-state index in [0.717, 1.165) is 18.7 Å². The Balaban J connectivity index is 2.63. The summed E-state index contributed by atoms with van der Waals surface area (Å²) >= 11 is 0. The molecule has 0 aliphatic carbocycles. The summed E-state index contributed by atoms with van der Waals surface area (Å²) in [6.45, 7) is 2.01. The minimum Gasteiger partial charge on any atom is -0.478 e. The molecule has 0 aromatic heterocycles. The molecule has 1 aliphatic heterocycles. The summed E-state index contributed by atoms with van der Waals surface area (Å²) in [4.78, 5) is 22.5. The highest BCUT2D eigenvalue weighted by molar-refractivity contribution is 5.80. The van der Waals surface area contributed by atoms with Crippen molar-refractivity contribution in [3.8, 4) is 0 Å². The Morgan fingerprint density at radius 1 is 1.25 bits per heavy atom. The molecule has 0 bridgehead atoms. The van der Waals surface area contributed by atoms with E-state index >= 15 is 0 Å². The van der Waals surface area contributed by atoms with Gasteiger partial charge in [0.25, 0.3) is 0 Å². The molecule has 0 saturated carbocycles. The number of carboxylic acids is 2. The first-order chi connectivity index (χ1) is 7.59. The molecule has 88 valence electrons. The zero-order chi connectivity index (χ0) is 12.0. The van der Waals surface area contributed by atoms with Crippen LogP contribution in [0.4, 0.5) is 0 Å². The quantitative estimate of drug-likeness (QED) is 0.560. The molecule has 0 aromatic carbocycles. The predicted octanol–water partition coefficient (Wildman–Crippen LogP) is -0.501. The average molecular weight is 226 g/mol. The average Bonchev–Trinajstić information content (AvgIpc) is 2.24. The van der Waals surface area contributed by atoms with Crippen LogP contribution >= 0.6 is 0 Å². The highest BCUT2D eigenvalue weighted by atomic mass is 16.4. The summed E-state index contributed by atoms with van der Waals surface area (Å²) in [5, 5.41) is 20.1. The summed E-state index contributed by atoms with van der Waals surface area (Å²) in [5.41, 5.74) is 0. The first-order valence-corrected chi connectivity index (χ1v) is 4.88. The monoisotopic (exact) mass is 226 g/mol. The fraction of sp³-hybridized carbons (Fsp3) is 0.400. The third-order valence-corrected chi connectivity index (χ3v) is 2.20.